The summed E-state index contributed by atoms with van der Waals surface area (Å²) in [5.41, 5.74) is 5.77. The first-order valence-corrected chi connectivity index (χ1v) is 10.3. The second kappa shape index (κ2) is 8.20. The van der Waals surface area contributed by atoms with Crippen LogP contribution >= 0.6 is 0 Å². The minimum absolute atomic E-state index is 0.198. The van der Waals surface area contributed by atoms with Crippen LogP contribution in [0.25, 0.3) is 11.4 Å². The molecule has 5 rings (SSSR count). The number of halogens is 1. The van der Waals surface area contributed by atoms with Crippen LogP contribution in [0.2, 0.25) is 0 Å². The minimum Gasteiger partial charge on any atom is -0.346 e. The summed E-state index contributed by atoms with van der Waals surface area (Å²) in [5, 5.41) is 0. The van der Waals surface area contributed by atoms with Crippen LogP contribution in [0.4, 0.5) is 4.39 Å². The number of benzene rings is 2. The zero-order chi connectivity index (χ0) is 20.3. The van der Waals surface area contributed by atoms with Gasteiger partial charge < -0.3 is 4.57 Å². The maximum Gasteiger partial charge on any atom is 0.159 e. The van der Waals surface area contributed by atoms with Crippen LogP contribution < -0.4 is 0 Å². The van der Waals surface area contributed by atoms with Crippen molar-refractivity contribution in [1.29, 1.82) is 0 Å². The van der Waals surface area contributed by atoms with Gasteiger partial charge in [-0.15, -0.1) is 0 Å². The molecule has 0 saturated carbocycles. The molecule has 0 radical (unpaired) electrons. The fourth-order valence-corrected chi connectivity index (χ4v) is 4.00. The van der Waals surface area contributed by atoms with Gasteiger partial charge in [0.2, 0.25) is 0 Å². The molecule has 1 aliphatic heterocycles. The van der Waals surface area contributed by atoms with Crippen molar-refractivity contribution in [1.82, 2.24) is 19.4 Å². The molecule has 4 aromatic rings. The molecule has 0 bridgehead atoms. The molecular weight excluding hydrogens is 375 g/mol. The Labute approximate surface area is 175 Å². The lowest BCUT2D eigenvalue weighted by Gasteiger charge is -2.28. The molecule has 5 heteroatoms. The van der Waals surface area contributed by atoms with E-state index in [-0.39, 0.29) is 5.82 Å². The Morgan fingerprint density at radius 3 is 2.57 bits per heavy atom. The SMILES string of the molecule is Fc1ccc(Cn2cccc2CN2CCc3nc(-c4ccccc4)ncc3C2)cc1. The Bertz CT molecular complexity index is 1140. The third-order valence-electron chi connectivity index (χ3n) is 5.62. The average Bonchev–Trinajstić information content (AvgIpc) is 3.22. The minimum atomic E-state index is -0.198. The number of rotatable bonds is 5. The van der Waals surface area contributed by atoms with E-state index in [1.807, 2.05) is 48.7 Å². The van der Waals surface area contributed by atoms with Crippen molar-refractivity contribution in [2.24, 2.45) is 0 Å². The van der Waals surface area contributed by atoms with Crippen LogP contribution in [0, 0.1) is 5.82 Å². The van der Waals surface area contributed by atoms with E-state index in [1.165, 1.54) is 23.4 Å². The molecule has 30 heavy (non-hydrogen) atoms. The van der Waals surface area contributed by atoms with Crippen LogP contribution in [0.5, 0.6) is 0 Å². The molecule has 150 valence electrons. The van der Waals surface area contributed by atoms with E-state index in [0.717, 1.165) is 55.2 Å². The van der Waals surface area contributed by atoms with Gasteiger partial charge in [0, 0.05) is 61.8 Å². The first kappa shape index (κ1) is 18.7. The molecule has 4 nitrogen and oxygen atoms in total. The van der Waals surface area contributed by atoms with Crippen LogP contribution in [0.1, 0.15) is 22.5 Å². The fourth-order valence-electron chi connectivity index (χ4n) is 4.00. The van der Waals surface area contributed by atoms with E-state index in [4.69, 9.17) is 4.98 Å². The monoisotopic (exact) mass is 398 g/mol. The maximum atomic E-state index is 13.2. The van der Waals surface area contributed by atoms with E-state index in [0.29, 0.717) is 0 Å². The highest BCUT2D eigenvalue weighted by Gasteiger charge is 2.20. The van der Waals surface area contributed by atoms with Crippen LogP contribution in [-0.2, 0) is 26.1 Å². The highest BCUT2D eigenvalue weighted by molar-refractivity contribution is 5.54. The lowest BCUT2D eigenvalue weighted by Crippen LogP contribution is -2.31. The van der Waals surface area contributed by atoms with E-state index < -0.39 is 0 Å². The number of hydrogen-bond donors (Lipinski definition) is 0. The third kappa shape index (κ3) is 4.02. The number of nitrogens with zero attached hydrogens (tertiary/aromatic N) is 4. The molecule has 0 unspecified atom stereocenters. The largest absolute Gasteiger partial charge is 0.346 e. The molecule has 0 aliphatic carbocycles. The van der Waals surface area contributed by atoms with Gasteiger partial charge in [-0.25, -0.2) is 14.4 Å². The molecule has 2 aromatic carbocycles. The van der Waals surface area contributed by atoms with Crippen LogP contribution in [-0.4, -0.2) is 26.0 Å². The van der Waals surface area contributed by atoms with Crippen molar-refractivity contribution < 1.29 is 4.39 Å². The van der Waals surface area contributed by atoms with Crippen molar-refractivity contribution >= 4 is 0 Å². The molecule has 0 fully saturated rings. The summed E-state index contributed by atoms with van der Waals surface area (Å²) in [7, 11) is 0. The summed E-state index contributed by atoms with van der Waals surface area (Å²) in [4.78, 5) is 11.9. The maximum absolute atomic E-state index is 13.2. The molecule has 0 amide bonds. The summed E-state index contributed by atoms with van der Waals surface area (Å²) in [6.07, 6.45) is 5.00. The molecular formula is C25H23FN4. The summed E-state index contributed by atoms with van der Waals surface area (Å²) >= 11 is 0. The smallest absolute Gasteiger partial charge is 0.159 e. The van der Waals surface area contributed by atoms with Crippen molar-refractivity contribution in [2.45, 2.75) is 26.1 Å². The molecule has 3 heterocycles. The Morgan fingerprint density at radius 1 is 0.900 bits per heavy atom. The van der Waals surface area contributed by atoms with Gasteiger partial charge in [0.1, 0.15) is 5.82 Å². The van der Waals surface area contributed by atoms with Crippen LogP contribution in [0.3, 0.4) is 0 Å². The molecule has 2 aromatic heterocycles. The number of fused-ring (bicyclic) bond motifs is 1. The van der Waals surface area contributed by atoms with Crippen molar-refractivity contribution in [3.05, 3.63) is 107 Å². The summed E-state index contributed by atoms with van der Waals surface area (Å²) < 4.78 is 15.4. The Kier molecular flexibility index (Phi) is 5.11. The molecule has 0 N–H and O–H groups in total. The van der Waals surface area contributed by atoms with Gasteiger partial charge in [0.15, 0.2) is 5.82 Å². The standard InChI is InChI=1S/C25H23FN4/c26-22-10-8-19(9-11-22)16-30-13-4-7-23(30)18-29-14-12-24-21(17-29)15-27-25(28-24)20-5-2-1-3-6-20/h1-11,13,15H,12,14,16-18H2. The van der Waals surface area contributed by atoms with Gasteiger partial charge in [-0.2, -0.15) is 0 Å². The second-order valence-electron chi connectivity index (χ2n) is 7.75. The Hall–Kier alpha value is -3.31. The highest BCUT2D eigenvalue weighted by atomic mass is 19.1. The predicted molar refractivity (Wildman–Crippen MR) is 115 cm³/mol. The van der Waals surface area contributed by atoms with Crippen molar-refractivity contribution in [2.75, 3.05) is 6.54 Å². The Balaban J connectivity index is 1.28. The van der Waals surface area contributed by atoms with E-state index in [9.17, 15) is 4.39 Å². The lowest BCUT2D eigenvalue weighted by atomic mass is 10.1. The number of hydrogen-bond acceptors (Lipinski definition) is 3. The first-order chi connectivity index (χ1) is 14.7. The summed E-state index contributed by atoms with van der Waals surface area (Å²) in [6, 6.07) is 21.1. The number of aromatic nitrogens is 3. The molecule has 1 aliphatic rings. The molecule has 0 saturated heterocycles. The zero-order valence-electron chi connectivity index (χ0n) is 16.7. The van der Waals surface area contributed by atoms with Gasteiger partial charge in [0.25, 0.3) is 0 Å². The molecule has 0 atom stereocenters. The quantitative estimate of drug-likeness (QED) is 0.489. The van der Waals surface area contributed by atoms with Gasteiger partial charge in [-0.3, -0.25) is 4.90 Å². The van der Waals surface area contributed by atoms with E-state index >= 15 is 0 Å². The average molecular weight is 398 g/mol. The first-order valence-electron chi connectivity index (χ1n) is 10.3. The van der Waals surface area contributed by atoms with E-state index in [1.54, 1.807) is 0 Å². The molecule has 0 spiro atoms. The Morgan fingerprint density at radius 2 is 1.73 bits per heavy atom. The van der Waals surface area contributed by atoms with Crippen molar-refractivity contribution in [3.63, 3.8) is 0 Å². The lowest BCUT2D eigenvalue weighted by molar-refractivity contribution is 0.237. The van der Waals surface area contributed by atoms with Gasteiger partial charge in [-0.1, -0.05) is 42.5 Å². The normalized spacial score (nSPS) is 13.9. The van der Waals surface area contributed by atoms with E-state index in [2.05, 4.69) is 32.8 Å². The van der Waals surface area contributed by atoms with Gasteiger partial charge in [0.05, 0.1) is 5.69 Å². The van der Waals surface area contributed by atoms with Gasteiger partial charge in [-0.05, 0) is 29.8 Å². The second-order valence-corrected chi connectivity index (χ2v) is 7.75. The fraction of sp³-hybridized carbons (Fsp3) is 0.200. The zero-order valence-corrected chi connectivity index (χ0v) is 16.7. The van der Waals surface area contributed by atoms with Crippen LogP contribution in [0.15, 0.2) is 79.1 Å². The highest BCUT2D eigenvalue weighted by Crippen LogP contribution is 2.22. The van der Waals surface area contributed by atoms with Crippen molar-refractivity contribution in [3.8, 4) is 11.4 Å². The van der Waals surface area contributed by atoms with Gasteiger partial charge >= 0.3 is 0 Å². The summed E-state index contributed by atoms with van der Waals surface area (Å²) in [6.45, 7) is 3.44. The predicted octanol–water partition coefficient (Wildman–Crippen LogP) is 4.69. The topological polar surface area (TPSA) is 34.0 Å². The third-order valence-corrected chi connectivity index (χ3v) is 5.62. The summed E-state index contributed by atoms with van der Waals surface area (Å²) in [5.74, 6) is 0.604.